The molecule has 0 saturated carbocycles. The predicted molar refractivity (Wildman–Crippen MR) is 40.9 cm³/mol. The summed E-state index contributed by atoms with van der Waals surface area (Å²) in [6.07, 6.45) is 0. The third-order valence-electron chi connectivity index (χ3n) is 0.981. The Bertz CT molecular complexity index is 185. The molecule has 0 amide bonds. The van der Waals surface area contributed by atoms with Crippen molar-refractivity contribution in [1.29, 1.82) is 0 Å². The number of aryl methyl sites for hydroxylation is 1. The van der Waals surface area contributed by atoms with Gasteiger partial charge in [0.1, 0.15) is 5.76 Å². The summed E-state index contributed by atoms with van der Waals surface area (Å²) in [5, 5.41) is 2.98. The zero-order valence-corrected chi connectivity index (χ0v) is 6.73. The summed E-state index contributed by atoms with van der Waals surface area (Å²) in [5.41, 5.74) is 0.722. The van der Waals surface area contributed by atoms with Crippen LogP contribution in [-0.2, 0) is 0 Å². The third kappa shape index (κ3) is 1.75. The van der Waals surface area contributed by atoms with Crippen LogP contribution in [0.5, 0.6) is 0 Å². The van der Waals surface area contributed by atoms with Crippen molar-refractivity contribution in [2.24, 2.45) is 0 Å². The van der Waals surface area contributed by atoms with Gasteiger partial charge in [0.15, 0.2) is 5.88 Å². The fraction of sp³-hybridized carbons (Fsp3) is 0.333. The Morgan fingerprint density at radius 2 is 2.44 bits per heavy atom. The number of anilines is 1. The summed E-state index contributed by atoms with van der Waals surface area (Å²) in [5.74, 6) is 1.74. The number of rotatable bonds is 2. The minimum atomic E-state index is 0.722. The standard InChI is InChI=1S/C6H8BrNO/c1-5-2-3-6(9-5)8-4-7/h2-3,8H,4H2,1H3. The van der Waals surface area contributed by atoms with E-state index in [9.17, 15) is 0 Å². The molecule has 1 heterocycles. The highest BCUT2D eigenvalue weighted by atomic mass is 79.9. The van der Waals surface area contributed by atoms with Crippen LogP contribution >= 0.6 is 15.9 Å². The molecule has 3 heteroatoms. The average Bonchev–Trinajstić information content (AvgIpc) is 2.17. The van der Waals surface area contributed by atoms with Gasteiger partial charge >= 0.3 is 0 Å². The van der Waals surface area contributed by atoms with Crippen LogP contribution in [0.25, 0.3) is 0 Å². The van der Waals surface area contributed by atoms with E-state index in [2.05, 4.69) is 21.2 Å². The number of furan rings is 1. The summed E-state index contributed by atoms with van der Waals surface area (Å²) in [6.45, 7) is 1.92. The highest BCUT2D eigenvalue weighted by Gasteiger charge is 1.92. The number of hydrogen-bond donors (Lipinski definition) is 1. The minimum Gasteiger partial charge on any atom is -0.446 e. The van der Waals surface area contributed by atoms with E-state index in [0.29, 0.717) is 0 Å². The van der Waals surface area contributed by atoms with Gasteiger partial charge in [0.2, 0.25) is 0 Å². The van der Waals surface area contributed by atoms with Gasteiger partial charge in [-0.25, -0.2) is 0 Å². The van der Waals surface area contributed by atoms with E-state index in [1.807, 2.05) is 19.1 Å². The van der Waals surface area contributed by atoms with Gasteiger partial charge in [0.05, 0.1) is 5.45 Å². The maximum Gasteiger partial charge on any atom is 0.193 e. The van der Waals surface area contributed by atoms with Crippen LogP contribution in [0.15, 0.2) is 16.5 Å². The van der Waals surface area contributed by atoms with Crippen LogP contribution in [0.1, 0.15) is 5.76 Å². The van der Waals surface area contributed by atoms with Gasteiger partial charge < -0.3 is 9.73 Å². The zero-order valence-electron chi connectivity index (χ0n) is 5.15. The van der Waals surface area contributed by atoms with E-state index in [4.69, 9.17) is 4.42 Å². The third-order valence-corrected chi connectivity index (χ3v) is 1.26. The molecule has 0 aliphatic carbocycles. The molecule has 50 valence electrons. The molecule has 0 saturated heterocycles. The van der Waals surface area contributed by atoms with Gasteiger partial charge in [-0.2, -0.15) is 0 Å². The quantitative estimate of drug-likeness (QED) is 0.571. The van der Waals surface area contributed by atoms with Crippen molar-refractivity contribution in [3.63, 3.8) is 0 Å². The molecular formula is C6H8BrNO. The lowest BCUT2D eigenvalue weighted by atomic mass is 10.5. The molecule has 0 bridgehead atoms. The Kier molecular flexibility index (Phi) is 2.16. The molecule has 0 radical (unpaired) electrons. The minimum absolute atomic E-state index is 0.722. The van der Waals surface area contributed by atoms with Gasteiger partial charge in [-0.15, -0.1) is 0 Å². The van der Waals surface area contributed by atoms with Crippen molar-refractivity contribution in [3.05, 3.63) is 17.9 Å². The Balaban J connectivity index is 2.61. The van der Waals surface area contributed by atoms with Gasteiger partial charge in [-0.3, -0.25) is 0 Å². The predicted octanol–water partition coefficient (Wildman–Crippen LogP) is 2.35. The summed E-state index contributed by atoms with van der Waals surface area (Å²) < 4.78 is 5.18. The van der Waals surface area contributed by atoms with Crippen molar-refractivity contribution in [2.45, 2.75) is 6.92 Å². The van der Waals surface area contributed by atoms with E-state index in [1.165, 1.54) is 0 Å². The molecule has 9 heavy (non-hydrogen) atoms. The molecule has 0 atom stereocenters. The smallest absolute Gasteiger partial charge is 0.193 e. The zero-order chi connectivity index (χ0) is 6.69. The van der Waals surface area contributed by atoms with Crippen molar-refractivity contribution in [1.82, 2.24) is 0 Å². The highest BCUT2D eigenvalue weighted by Crippen LogP contribution is 2.11. The van der Waals surface area contributed by atoms with Crippen LogP contribution in [-0.4, -0.2) is 5.45 Å². The second kappa shape index (κ2) is 2.92. The van der Waals surface area contributed by atoms with Crippen LogP contribution < -0.4 is 5.32 Å². The molecule has 0 aliphatic heterocycles. The Morgan fingerprint density at radius 1 is 1.67 bits per heavy atom. The molecule has 1 rings (SSSR count). The lowest BCUT2D eigenvalue weighted by Crippen LogP contribution is -1.89. The molecule has 0 aromatic carbocycles. The van der Waals surface area contributed by atoms with Crippen LogP contribution in [0.2, 0.25) is 0 Å². The molecule has 0 fully saturated rings. The van der Waals surface area contributed by atoms with Crippen LogP contribution in [0, 0.1) is 6.92 Å². The highest BCUT2D eigenvalue weighted by molar-refractivity contribution is 9.09. The Morgan fingerprint density at radius 3 is 2.89 bits per heavy atom. The fourth-order valence-corrected chi connectivity index (χ4v) is 0.872. The van der Waals surface area contributed by atoms with Crippen molar-refractivity contribution < 1.29 is 4.42 Å². The van der Waals surface area contributed by atoms with E-state index >= 15 is 0 Å². The maximum atomic E-state index is 5.18. The second-order valence-corrected chi connectivity index (χ2v) is 2.28. The first-order valence-electron chi connectivity index (χ1n) is 2.69. The maximum absolute atomic E-state index is 5.18. The van der Waals surface area contributed by atoms with E-state index in [0.717, 1.165) is 17.1 Å². The van der Waals surface area contributed by atoms with Gasteiger partial charge in [0, 0.05) is 6.07 Å². The van der Waals surface area contributed by atoms with E-state index in [-0.39, 0.29) is 0 Å². The summed E-state index contributed by atoms with van der Waals surface area (Å²) in [7, 11) is 0. The number of hydrogen-bond acceptors (Lipinski definition) is 2. The van der Waals surface area contributed by atoms with Crippen LogP contribution in [0.4, 0.5) is 5.88 Å². The lowest BCUT2D eigenvalue weighted by molar-refractivity contribution is 0.549. The largest absolute Gasteiger partial charge is 0.446 e. The SMILES string of the molecule is Cc1ccc(NCBr)o1. The molecule has 1 aromatic rings. The van der Waals surface area contributed by atoms with E-state index in [1.54, 1.807) is 0 Å². The van der Waals surface area contributed by atoms with Crippen molar-refractivity contribution >= 4 is 21.8 Å². The summed E-state index contributed by atoms with van der Waals surface area (Å²) in [4.78, 5) is 0. The first-order valence-corrected chi connectivity index (χ1v) is 3.81. The van der Waals surface area contributed by atoms with Gasteiger partial charge in [-0.1, -0.05) is 15.9 Å². The van der Waals surface area contributed by atoms with Crippen LogP contribution in [0.3, 0.4) is 0 Å². The number of nitrogens with one attached hydrogen (secondary N) is 1. The monoisotopic (exact) mass is 189 g/mol. The topological polar surface area (TPSA) is 25.2 Å². The molecule has 2 nitrogen and oxygen atoms in total. The fourth-order valence-electron chi connectivity index (χ4n) is 0.595. The molecule has 1 aromatic heterocycles. The average molecular weight is 190 g/mol. The first kappa shape index (κ1) is 6.68. The summed E-state index contributed by atoms with van der Waals surface area (Å²) >= 11 is 3.22. The van der Waals surface area contributed by atoms with Crippen molar-refractivity contribution in [3.8, 4) is 0 Å². The molecule has 0 spiro atoms. The lowest BCUT2D eigenvalue weighted by Gasteiger charge is -1.92. The molecular weight excluding hydrogens is 182 g/mol. The molecule has 1 N–H and O–H groups in total. The van der Waals surface area contributed by atoms with E-state index < -0.39 is 0 Å². The summed E-state index contributed by atoms with van der Waals surface area (Å²) in [6, 6.07) is 3.82. The van der Waals surface area contributed by atoms with Gasteiger partial charge in [-0.05, 0) is 13.0 Å². The molecule has 0 unspecified atom stereocenters. The Labute approximate surface area is 62.4 Å². The van der Waals surface area contributed by atoms with Crippen molar-refractivity contribution in [2.75, 3.05) is 10.8 Å². The first-order chi connectivity index (χ1) is 4.33. The normalized spacial score (nSPS) is 9.56. The molecule has 0 aliphatic rings. The Hall–Kier alpha value is -0.440. The van der Waals surface area contributed by atoms with Gasteiger partial charge in [0.25, 0.3) is 0 Å². The second-order valence-electron chi connectivity index (χ2n) is 1.72. The number of alkyl halides is 1. The number of halogens is 1.